The molecule has 0 spiro atoms. The van der Waals surface area contributed by atoms with Crippen LogP contribution in [0.25, 0.3) is 0 Å². The molecule has 1 unspecified atom stereocenters. The number of likely N-dealkylation sites (tertiary alicyclic amines) is 1. The van der Waals surface area contributed by atoms with Crippen molar-refractivity contribution in [2.75, 3.05) is 13.1 Å². The van der Waals surface area contributed by atoms with Gasteiger partial charge in [-0.25, -0.2) is 0 Å². The Bertz CT molecular complexity index is 156. The Hall–Kier alpha value is -0.570. The molecule has 3 heteroatoms. The van der Waals surface area contributed by atoms with E-state index in [4.69, 9.17) is 5.73 Å². The molecule has 3 nitrogen and oxygen atoms in total. The molecule has 0 radical (unpaired) electrons. The first-order valence-corrected chi connectivity index (χ1v) is 4.17. The van der Waals surface area contributed by atoms with Gasteiger partial charge in [-0.2, -0.15) is 0 Å². The van der Waals surface area contributed by atoms with Gasteiger partial charge >= 0.3 is 0 Å². The molecule has 0 bridgehead atoms. The molecular formula is C8H16N2O. The molecule has 1 fully saturated rings. The van der Waals surface area contributed by atoms with Crippen molar-refractivity contribution in [2.45, 2.75) is 26.3 Å². The van der Waals surface area contributed by atoms with E-state index < -0.39 is 0 Å². The van der Waals surface area contributed by atoms with Gasteiger partial charge in [0.2, 0.25) is 5.91 Å². The molecule has 0 aliphatic carbocycles. The van der Waals surface area contributed by atoms with Gasteiger partial charge in [-0.05, 0) is 20.3 Å². The van der Waals surface area contributed by atoms with Crippen LogP contribution < -0.4 is 5.73 Å². The number of hydrogen-bond donors (Lipinski definition) is 1. The number of hydrogen-bond acceptors (Lipinski definition) is 2. The highest BCUT2D eigenvalue weighted by Gasteiger charge is 2.31. The highest BCUT2D eigenvalue weighted by Crippen LogP contribution is 2.18. The Kier molecular flexibility index (Phi) is 2.49. The van der Waals surface area contributed by atoms with Crippen molar-refractivity contribution in [1.82, 2.24) is 4.90 Å². The van der Waals surface area contributed by atoms with Crippen LogP contribution in [-0.4, -0.2) is 29.9 Å². The molecular weight excluding hydrogens is 140 g/mol. The smallest absolute Gasteiger partial charge is 0.227 e. The summed E-state index contributed by atoms with van der Waals surface area (Å²) in [5.74, 6) is 0.333. The zero-order chi connectivity index (χ0) is 8.43. The lowest BCUT2D eigenvalue weighted by molar-refractivity contribution is -0.132. The van der Waals surface area contributed by atoms with Gasteiger partial charge in [0.15, 0.2) is 0 Å². The normalized spacial score (nSPS) is 25.3. The topological polar surface area (TPSA) is 46.3 Å². The summed E-state index contributed by atoms with van der Waals surface area (Å²) in [5.41, 5.74) is 5.44. The Balaban J connectivity index is 2.56. The second kappa shape index (κ2) is 3.22. The van der Waals surface area contributed by atoms with Crippen molar-refractivity contribution < 1.29 is 4.79 Å². The third-order valence-corrected chi connectivity index (χ3v) is 2.26. The second-order valence-corrected chi connectivity index (χ2v) is 3.35. The maximum Gasteiger partial charge on any atom is 0.227 e. The minimum Gasteiger partial charge on any atom is -0.340 e. The summed E-state index contributed by atoms with van der Waals surface area (Å²) in [6.07, 6.45) is 0.938. The number of rotatable bonds is 2. The Labute approximate surface area is 67.5 Å². The molecule has 1 rings (SSSR count). The van der Waals surface area contributed by atoms with E-state index in [2.05, 4.69) is 0 Å². The van der Waals surface area contributed by atoms with Crippen LogP contribution in [0.2, 0.25) is 0 Å². The second-order valence-electron chi connectivity index (χ2n) is 3.35. The van der Waals surface area contributed by atoms with E-state index in [1.165, 1.54) is 0 Å². The lowest BCUT2D eigenvalue weighted by Crippen LogP contribution is -2.35. The van der Waals surface area contributed by atoms with E-state index in [1.54, 1.807) is 0 Å². The molecule has 64 valence electrons. The van der Waals surface area contributed by atoms with Crippen molar-refractivity contribution >= 4 is 5.91 Å². The summed E-state index contributed by atoms with van der Waals surface area (Å²) in [5, 5.41) is 0. The fourth-order valence-corrected chi connectivity index (χ4v) is 1.49. The van der Waals surface area contributed by atoms with Gasteiger partial charge in [-0.3, -0.25) is 4.79 Å². The summed E-state index contributed by atoms with van der Waals surface area (Å²) in [7, 11) is 0. The fourth-order valence-electron chi connectivity index (χ4n) is 1.49. The monoisotopic (exact) mass is 156 g/mol. The average Bonchev–Trinajstić information content (AvgIpc) is 2.30. The van der Waals surface area contributed by atoms with Crippen molar-refractivity contribution in [3.63, 3.8) is 0 Å². The summed E-state index contributed by atoms with van der Waals surface area (Å²) in [4.78, 5) is 13.3. The maximum atomic E-state index is 11.4. The number of amides is 1. The van der Waals surface area contributed by atoms with Gasteiger partial charge in [0.1, 0.15) is 0 Å². The van der Waals surface area contributed by atoms with E-state index in [9.17, 15) is 4.79 Å². The Morgan fingerprint density at radius 3 is 2.64 bits per heavy atom. The van der Waals surface area contributed by atoms with Gasteiger partial charge in [-0.15, -0.1) is 0 Å². The molecule has 11 heavy (non-hydrogen) atoms. The summed E-state index contributed by atoms with van der Waals surface area (Å²) in [6, 6.07) is 0.332. The lowest BCUT2D eigenvalue weighted by atomic mass is 10.1. The van der Waals surface area contributed by atoms with Crippen LogP contribution in [0.15, 0.2) is 0 Å². The van der Waals surface area contributed by atoms with Crippen molar-refractivity contribution in [3.8, 4) is 0 Å². The van der Waals surface area contributed by atoms with Crippen LogP contribution >= 0.6 is 0 Å². The van der Waals surface area contributed by atoms with Crippen LogP contribution in [0.3, 0.4) is 0 Å². The largest absolute Gasteiger partial charge is 0.340 e. The first-order valence-electron chi connectivity index (χ1n) is 4.17. The van der Waals surface area contributed by atoms with Crippen LogP contribution in [-0.2, 0) is 4.79 Å². The highest BCUT2D eigenvalue weighted by atomic mass is 16.2. The zero-order valence-corrected chi connectivity index (χ0v) is 7.21. The number of carbonyl (C=O) groups is 1. The minimum atomic E-state index is 0.0948. The molecule has 0 saturated carbocycles. The molecule has 1 aliphatic rings. The molecule has 0 aromatic heterocycles. The summed E-state index contributed by atoms with van der Waals surface area (Å²) < 4.78 is 0. The maximum absolute atomic E-state index is 11.4. The molecule has 1 saturated heterocycles. The predicted molar refractivity (Wildman–Crippen MR) is 44.0 cm³/mol. The fraction of sp³-hybridized carbons (Fsp3) is 0.875. The molecule has 0 aromatic rings. The number of carbonyl (C=O) groups excluding carboxylic acids is 1. The summed E-state index contributed by atoms with van der Waals surface area (Å²) >= 11 is 0. The van der Waals surface area contributed by atoms with Gasteiger partial charge in [-0.1, -0.05) is 0 Å². The van der Waals surface area contributed by atoms with E-state index in [-0.39, 0.29) is 11.8 Å². The van der Waals surface area contributed by atoms with Crippen molar-refractivity contribution in [3.05, 3.63) is 0 Å². The predicted octanol–water partition coefficient (Wildman–Crippen LogP) is 0.202. The summed E-state index contributed by atoms with van der Waals surface area (Å²) in [6.45, 7) is 5.47. The van der Waals surface area contributed by atoms with Crippen LogP contribution in [0.4, 0.5) is 0 Å². The Morgan fingerprint density at radius 1 is 1.73 bits per heavy atom. The number of nitrogens with zero attached hydrogens (tertiary/aromatic N) is 1. The first kappa shape index (κ1) is 8.53. The van der Waals surface area contributed by atoms with Crippen LogP contribution in [0.1, 0.15) is 20.3 Å². The van der Waals surface area contributed by atoms with Crippen LogP contribution in [0.5, 0.6) is 0 Å². The zero-order valence-electron chi connectivity index (χ0n) is 7.21. The van der Waals surface area contributed by atoms with E-state index >= 15 is 0 Å². The molecule has 1 amide bonds. The quantitative estimate of drug-likeness (QED) is 0.621. The van der Waals surface area contributed by atoms with Gasteiger partial charge < -0.3 is 10.6 Å². The van der Waals surface area contributed by atoms with Crippen LogP contribution in [0, 0.1) is 5.92 Å². The van der Waals surface area contributed by atoms with E-state index in [1.807, 2.05) is 18.7 Å². The highest BCUT2D eigenvalue weighted by molar-refractivity contribution is 5.81. The van der Waals surface area contributed by atoms with E-state index in [0.29, 0.717) is 12.6 Å². The minimum absolute atomic E-state index is 0.0948. The van der Waals surface area contributed by atoms with Gasteiger partial charge in [0, 0.05) is 19.1 Å². The molecule has 1 heterocycles. The standard InChI is InChI=1S/C8H16N2O/c1-6(2)10-4-3-7(5-9)8(10)11/h6-7H,3-5,9H2,1-2H3. The molecule has 1 aliphatic heterocycles. The molecule has 0 aromatic carbocycles. The number of nitrogens with two attached hydrogens (primary N) is 1. The lowest BCUT2D eigenvalue weighted by Gasteiger charge is -2.20. The van der Waals surface area contributed by atoms with Crippen molar-refractivity contribution in [2.24, 2.45) is 11.7 Å². The first-order chi connectivity index (χ1) is 5.16. The third kappa shape index (κ3) is 1.53. The molecule has 2 N–H and O–H groups in total. The third-order valence-electron chi connectivity index (χ3n) is 2.26. The van der Waals surface area contributed by atoms with Crippen molar-refractivity contribution in [1.29, 1.82) is 0 Å². The molecule has 1 atom stereocenters. The average molecular weight is 156 g/mol. The van der Waals surface area contributed by atoms with Gasteiger partial charge in [0.05, 0.1) is 5.92 Å². The SMILES string of the molecule is CC(C)N1CCC(CN)C1=O. The van der Waals surface area contributed by atoms with E-state index in [0.717, 1.165) is 13.0 Å². The van der Waals surface area contributed by atoms with Gasteiger partial charge in [0.25, 0.3) is 0 Å². The Morgan fingerprint density at radius 2 is 2.36 bits per heavy atom.